The molecular weight excluding hydrogens is 92.1 g/mol. The average Bonchev–Trinajstić information content (AvgIpc) is 1.35. The topological polar surface area (TPSA) is 9.23 Å². The fraction of sp³-hybridized carbons (Fsp3) is 1.00. The number of ether oxygens (including phenoxy) is 1. The summed E-state index contributed by atoms with van der Waals surface area (Å²) in [5, 5.41) is 0. The second kappa shape index (κ2) is 3.37. The highest BCUT2D eigenvalue weighted by Crippen LogP contribution is 1.76. The van der Waals surface area contributed by atoms with Gasteiger partial charge >= 0.3 is 0 Å². The van der Waals surface area contributed by atoms with Crippen LogP contribution >= 0.6 is 0 Å². The molecule has 0 radical (unpaired) electrons. The number of rotatable bonds is 2. The molecule has 0 fully saturated rings. The first-order valence-corrected chi connectivity index (χ1v) is 5.39. The minimum Gasteiger partial charge on any atom is -0.388 e. The molecule has 0 atom stereocenters. The van der Waals surface area contributed by atoms with Crippen molar-refractivity contribution in [1.82, 2.24) is 0 Å². The number of hydrogen-bond donors (Lipinski definition) is 0. The van der Waals surface area contributed by atoms with Gasteiger partial charge in [-0.2, -0.15) is 0 Å². The zero-order valence-electron chi connectivity index (χ0n) is 4.69. The Morgan fingerprint density at radius 3 is 2.00 bits per heavy atom. The number of hydrogen-bond acceptors (Lipinski definition) is 1. The Bertz CT molecular complexity index is 28.7. The van der Waals surface area contributed by atoms with Gasteiger partial charge in [-0.3, -0.25) is 0 Å². The molecular formula is C4H12OSi. The monoisotopic (exact) mass is 104 g/mol. The molecule has 0 aromatic carbocycles. The van der Waals surface area contributed by atoms with Crippen LogP contribution in [0.1, 0.15) is 0 Å². The van der Waals surface area contributed by atoms with Gasteiger partial charge in [0, 0.05) is 13.3 Å². The van der Waals surface area contributed by atoms with Crippen molar-refractivity contribution in [3.05, 3.63) is 0 Å². The van der Waals surface area contributed by atoms with E-state index in [1.54, 1.807) is 7.11 Å². The molecule has 0 aliphatic rings. The highest BCUT2D eigenvalue weighted by atomic mass is 28.3. The van der Waals surface area contributed by atoms with Gasteiger partial charge in [0.1, 0.15) is 0 Å². The zero-order valence-corrected chi connectivity index (χ0v) is 5.85. The van der Waals surface area contributed by atoms with E-state index in [1.807, 2.05) is 0 Å². The molecule has 0 aliphatic heterocycles. The first kappa shape index (κ1) is 6.18. The minimum absolute atomic E-state index is 0.393. The van der Waals surface area contributed by atoms with Gasteiger partial charge in [-0.15, -0.1) is 0 Å². The summed E-state index contributed by atoms with van der Waals surface area (Å²) in [6, 6.07) is 0. The highest BCUT2D eigenvalue weighted by molar-refractivity contribution is 6.55. The molecule has 0 aliphatic carbocycles. The quantitative estimate of drug-likeness (QED) is 0.468. The second-order valence-electron chi connectivity index (χ2n) is 1.85. The van der Waals surface area contributed by atoms with E-state index >= 15 is 0 Å². The molecule has 0 N–H and O–H groups in total. The van der Waals surface area contributed by atoms with E-state index in [2.05, 4.69) is 13.1 Å². The van der Waals surface area contributed by atoms with Gasteiger partial charge in [0.15, 0.2) is 0 Å². The highest BCUT2D eigenvalue weighted by Gasteiger charge is 1.88. The molecule has 38 valence electrons. The molecule has 0 aromatic rings. The molecule has 0 rings (SSSR count). The van der Waals surface area contributed by atoms with Gasteiger partial charge in [-0.25, -0.2) is 0 Å². The van der Waals surface area contributed by atoms with Crippen LogP contribution in [0.15, 0.2) is 0 Å². The molecule has 0 saturated carbocycles. The van der Waals surface area contributed by atoms with Crippen molar-refractivity contribution in [2.75, 3.05) is 13.3 Å². The van der Waals surface area contributed by atoms with Gasteiger partial charge in [0.25, 0.3) is 0 Å². The largest absolute Gasteiger partial charge is 0.388 e. The third-order valence-corrected chi connectivity index (χ3v) is 1.50. The average molecular weight is 104 g/mol. The van der Waals surface area contributed by atoms with E-state index in [1.165, 1.54) is 0 Å². The fourth-order valence-corrected chi connectivity index (χ4v) is 1.00. The standard InChI is InChI=1S/C4H12OSi/c1-5-4-6(2)3/h6H,4H2,1-3H3. The Morgan fingerprint density at radius 1 is 1.50 bits per heavy atom. The Kier molecular flexibility index (Phi) is 3.47. The molecule has 6 heavy (non-hydrogen) atoms. The normalized spacial score (nSPS) is 10.0. The maximum absolute atomic E-state index is 4.86. The van der Waals surface area contributed by atoms with Gasteiger partial charge in [-0.05, 0) is 0 Å². The van der Waals surface area contributed by atoms with E-state index in [0.29, 0.717) is 0 Å². The SMILES string of the molecule is COC[SiH](C)C. The lowest BCUT2D eigenvalue weighted by atomic mass is 11.5. The molecule has 0 aromatic heterocycles. The second-order valence-corrected chi connectivity index (χ2v) is 4.97. The van der Waals surface area contributed by atoms with Crippen LogP contribution in [0.5, 0.6) is 0 Å². The van der Waals surface area contributed by atoms with Gasteiger partial charge in [0.05, 0.1) is 8.80 Å². The van der Waals surface area contributed by atoms with Crippen molar-refractivity contribution in [3.63, 3.8) is 0 Å². The van der Waals surface area contributed by atoms with Crippen LogP contribution in [0.2, 0.25) is 13.1 Å². The summed E-state index contributed by atoms with van der Waals surface area (Å²) in [6.45, 7) is 4.53. The summed E-state index contributed by atoms with van der Waals surface area (Å²) in [6.07, 6.45) is 1.01. The van der Waals surface area contributed by atoms with Crippen LogP contribution in [0.25, 0.3) is 0 Å². The molecule has 2 heteroatoms. The molecule has 0 bridgehead atoms. The van der Waals surface area contributed by atoms with Crippen molar-refractivity contribution >= 4 is 8.80 Å². The van der Waals surface area contributed by atoms with Gasteiger partial charge in [0.2, 0.25) is 0 Å². The maximum Gasteiger partial charge on any atom is 0.0616 e. The third-order valence-electron chi connectivity index (χ3n) is 0.500. The number of methoxy groups -OCH3 is 1. The predicted molar refractivity (Wildman–Crippen MR) is 30.8 cm³/mol. The Hall–Kier alpha value is 0.177. The summed E-state index contributed by atoms with van der Waals surface area (Å²) in [7, 11) is 1.36. The Morgan fingerprint density at radius 2 is 2.00 bits per heavy atom. The van der Waals surface area contributed by atoms with Gasteiger partial charge < -0.3 is 4.74 Å². The van der Waals surface area contributed by atoms with Crippen molar-refractivity contribution in [3.8, 4) is 0 Å². The van der Waals surface area contributed by atoms with E-state index in [4.69, 9.17) is 4.74 Å². The maximum atomic E-state index is 4.86. The van der Waals surface area contributed by atoms with Crippen LogP contribution in [0.4, 0.5) is 0 Å². The minimum atomic E-state index is -0.393. The van der Waals surface area contributed by atoms with Crippen LogP contribution in [-0.2, 0) is 4.74 Å². The van der Waals surface area contributed by atoms with Crippen molar-refractivity contribution in [2.24, 2.45) is 0 Å². The Labute approximate surface area is 40.9 Å². The molecule has 0 saturated heterocycles. The van der Waals surface area contributed by atoms with Crippen LogP contribution < -0.4 is 0 Å². The zero-order chi connectivity index (χ0) is 4.99. The predicted octanol–water partition coefficient (Wildman–Crippen LogP) is 0.659. The molecule has 0 spiro atoms. The van der Waals surface area contributed by atoms with Crippen LogP contribution in [0, 0.1) is 0 Å². The summed E-state index contributed by atoms with van der Waals surface area (Å²) >= 11 is 0. The summed E-state index contributed by atoms with van der Waals surface area (Å²) in [5.74, 6) is 0. The molecule has 0 heterocycles. The van der Waals surface area contributed by atoms with E-state index in [0.717, 1.165) is 6.23 Å². The van der Waals surface area contributed by atoms with Crippen LogP contribution in [0.3, 0.4) is 0 Å². The lowest BCUT2D eigenvalue weighted by Gasteiger charge is -1.95. The summed E-state index contributed by atoms with van der Waals surface area (Å²) < 4.78 is 4.86. The smallest absolute Gasteiger partial charge is 0.0616 e. The van der Waals surface area contributed by atoms with E-state index in [9.17, 15) is 0 Å². The van der Waals surface area contributed by atoms with Crippen LogP contribution in [-0.4, -0.2) is 22.1 Å². The van der Waals surface area contributed by atoms with E-state index < -0.39 is 8.80 Å². The first-order chi connectivity index (χ1) is 2.77. The van der Waals surface area contributed by atoms with E-state index in [-0.39, 0.29) is 0 Å². The van der Waals surface area contributed by atoms with Gasteiger partial charge in [-0.1, -0.05) is 13.1 Å². The van der Waals surface area contributed by atoms with Crippen molar-refractivity contribution in [1.29, 1.82) is 0 Å². The molecule has 0 unspecified atom stereocenters. The molecule has 0 amide bonds. The third kappa shape index (κ3) is 4.18. The lowest BCUT2D eigenvalue weighted by Crippen LogP contribution is -2.08. The Balaban J connectivity index is 2.63. The van der Waals surface area contributed by atoms with Crippen molar-refractivity contribution < 1.29 is 4.74 Å². The summed E-state index contributed by atoms with van der Waals surface area (Å²) in [5.41, 5.74) is 0. The molecule has 1 nitrogen and oxygen atoms in total. The first-order valence-electron chi connectivity index (χ1n) is 2.26. The fourth-order valence-electron chi connectivity index (χ4n) is 0.333. The lowest BCUT2D eigenvalue weighted by molar-refractivity contribution is 0.249. The van der Waals surface area contributed by atoms with Crippen molar-refractivity contribution in [2.45, 2.75) is 13.1 Å². The summed E-state index contributed by atoms with van der Waals surface area (Å²) in [4.78, 5) is 0.